The Labute approximate surface area is 116 Å². The van der Waals surface area contributed by atoms with Crippen LogP contribution >= 0.6 is 0 Å². The van der Waals surface area contributed by atoms with Crippen molar-refractivity contribution in [2.24, 2.45) is 0 Å². The van der Waals surface area contributed by atoms with Crippen molar-refractivity contribution >= 4 is 6.03 Å². The average molecular weight is 263 g/mol. The van der Waals surface area contributed by atoms with E-state index in [2.05, 4.69) is 48.6 Å². The van der Waals surface area contributed by atoms with Gasteiger partial charge in [0.2, 0.25) is 0 Å². The normalized spacial score (nSPS) is 10.6. The van der Waals surface area contributed by atoms with Gasteiger partial charge in [0, 0.05) is 26.2 Å². The van der Waals surface area contributed by atoms with E-state index in [9.17, 15) is 4.79 Å². The van der Waals surface area contributed by atoms with Crippen molar-refractivity contribution in [3.8, 4) is 0 Å². The second-order valence-electron chi connectivity index (χ2n) is 4.89. The molecule has 0 unspecified atom stereocenters. The largest absolute Gasteiger partial charge is 0.334 e. The Morgan fingerprint density at radius 2 is 1.58 bits per heavy atom. The van der Waals surface area contributed by atoms with Crippen LogP contribution in [0, 0.1) is 0 Å². The lowest BCUT2D eigenvalue weighted by Gasteiger charge is -2.19. The van der Waals surface area contributed by atoms with Crippen LogP contribution in [0.5, 0.6) is 0 Å². The second kappa shape index (κ2) is 7.79. The minimum atomic E-state index is 0.00219. The summed E-state index contributed by atoms with van der Waals surface area (Å²) in [5, 5.41) is 2.94. The number of amides is 2. The molecule has 0 fully saturated rings. The molecule has 0 aromatic heterocycles. The first-order valence-corrected chi connectivity index (χ1v) is 6.82. The van der Waals surface area contributed by atoms with E-state index in [0.717, 1.165) is 25.2 Å². The fourth-order valence-electron chi connectivity index (χ4n) is 1.93. The zero-order chi connectivity index (χ0) is 14.3. The molecule has 2 amide bonds. The number of carbonyl (C=O) groups is 1. The smallest absolute Gasteiger partial charge is 0.317 e. The summed E-state index contributed by atoms with van der Waals surface area (Å²) in [6.07, 6.45) is 0. The molecule has 4 nitrogen and oxygen atoms in total. The minimum Gasteiger partial charge on any atom is -0.334 e. The van der Waals surface area contributed by atoms with Crippen molar-refractivity contribution in [1.29, 1.82) is 0 Å². The van der Waals surface area contributed by atoms with Gasteiger partial charge < -0.3 is 15.1 Å². The van der Waals surface area contributed by atoms with Gasteiger partial charge >= 0.3 is 6.03 Å². The Bertz CT molecular complexity index is 383. The van der Waals surface area contributed by atoms with E-state index in [-0.39, 0.29) is 6.03 Å². The molecule has 0 aliphatic carbocycles. The molecule has 0 aliphatic rings. The van der Waals surface area contributed by atoms with Gasteiger partial charge in [-0.25, -0.2) is 4.79 Å². The minimum absolute atomic E-state index is 0.00219. The van der Waals surface area contributed by atoms with Crippen molar-refractivity contribution in [3.63, 3.8) is 0 Å². The van der Waals surface area contributed by atoms with Crippen LogP contribution in [-0.4, -0.2) is 43.0 Å². The first-order valence-electron chi connectivity index (χ1n) is 6.82. The van der Waals surface area contributed by atoms with Gasteiger partial charge in [-0.05, 0) is 39.1 Å². The number of hydrogen-bond acceptors (Lipinski definition) is 2. The van der Waals surface area contributed by atoms with Crippen LogP contribution in [0.2, 0.25) is 0 Å². The molecule has 1 rings (SSSR count). The second-order valence-corrected chi connectivity index (χ2v) is 4.89. The quantitative estimate of drug-likeness (QED) is 0.855. The van der Waals surface area contributed by atoms with Gasteiger partial charge in [-0.3, -0.25) is 0 Å². The van der Waals surface area contributed by atoms with Crippen molar-refractivity contribution in [1.82, 2.24) is 15.1 Å². The van der Waals surface area contributed by atoms with Gasteiger partial charge in [0.15, 0.2) is 0 Å². The van der Waals surface area contributed by atoms with Gasteiger partial charge in [-0.2, -0.15) is 0 Å². The van der Waals surface area contributed by atoms with Crippen LogP contribution in [0.25, 0.3) is 0 Å². The predicted octanol–water partition coefficient (Wildman–Crippen LogP) is 2.30. The third kappa shape index (κ3) is 5.30. The molecule has 0 aliphatic heterocycles. The highest BCUT2D eigenvalue weighted by atomic mass is 16.2. The lowest BCUT2D eigenvalue weighted by Crippen LogP contribution is -2.39. The van der Waals surface area contributed by atoms with E-state index >= 15 is 0 Å². The van der Waals surface area contributed by atoms with Crippen molar-refractivity contribution in [3.05, 3.63) is 35.4 Å². The SMILES string of the molecule is CCN(CC)C(=O)NCc1ccc(CN(C)C)cc1. The molecular formula is C15H25N3O. The van der Waals surface area contributed by atoms with Crippen molar-refractivity contribution in [2.45, 2.75) is 26.9 Å². The van der Waals surface area contributed by atoms with Gasteiger partial charge in [0.05, 0.1) is 0 Å². The summed E-state index contributed by atoms with van der Waals surface area (Å²) < 4.78 is 0. The van der Waals surface area contributed by atoms with E-state index in [1.807, 2.05) is 13.8 Å². The van der Waals surface area contributed by atoms with E-state index in [4.69, 9.17) is 0 Å². The van der Waals surface area contributed by atoms with E-state index in [1.165, 1.54) is 5.56 Å². The Morgan fingerprint density at radius 3 is 2.05 bits per heavy atom. The van der Waals surface area contributed by atoms with Gasteiger partial charge in [-0.1, -0.05) is 24.3 Å². The number of rotatable bonds is 6. The Balaban J connectivity index is 2.47. The monoisotopic (exact) mass is 263 g/mol. The summed E-state index contributed by atoms with van der Waals surface area (Å²) in [6.45, 7) is 6.97. The molecule has 106 valence electrons. The Hall–Kier alpha value is -1.55. The Kier molecular flexibility index (Phi) is 6.36. The maximum atomic E-state index is 11.8. The van der Waals surface area contributed by atoms with E-state index in [1.54, 1.807) is 4.90 Å². The summed E-state index contributed by atoms with van der Waals surface area (Å²) in [5.41, 5.74) is 2.41. The van der Waals surface area contributed by atoms with E-state index < -0.39 is 0 Å². The molecule has 4 heteroatoms. The third-order valence-electron chi connectivity index (χ3n) is 3.02. The molecule has 19 heavy (non-hydrogen) atoms. The number of benzene rings is 1. The number of nitrogens with zero attached hydrogens (tertiary/aromatic N) is 2. The average Bonchev–Trinajstić information content (AvgIpc) is 2.38. The number of urea groups is 1. The molecule has 0 saturated heterocycles. The van der Waals surface area contributed by atoms with Crippen LogP contribution in [0.3, 0.4) is 0 Å². The molecule has 0 saturated carbocycles. The highest BCUT2D eigenvalue weighted by Gasteiger charge is 2.07. The molecule has 0 heterocycles. The van der Waals surface area contributed by atoms with Crippen LogP contribution in [-0.2, 0) is 13.1 Å². The molecule has 1 aromatic rings. The fraction of sp³-hybridized carbons (Fsp3) is 0.533. The molecule has 0 radical (unpaired) electrons. The standard InChI is InChI=1S/C15H25N3O/c1-5-18(6-2)15(19)16-11-13-7-9-14(10-8-13)12-17(3)4/h7-10H,5-6,11-12H2,1-4H3,(H,16,19). The lowest BCUT2D eigenvalue weighted by atomic mass is 10.1. The van der Waals surface area contributed by atoms with Crippen LogP contribution in [0.4, 0.5) is 4.79 Å². The van der Waals surface area contributed by atoms with Gasteiger partial charge in [0.25, 0.3) is 0 Å². The molecule has 0 atom stereocenters. The highest BCUT2D eigenvalue weighted by molar-refractivity contribution is 5.74. The molecular weight excluding hydrogens is 238 g/mol. The number of carbonyl (C=O) groups excluding carboxylic acids is 1. The first kappa shape index (κ1) is 15.5. The first-order chi connectivity index (χ1) is 9.06. The fourth-order valence-corrected chi connectivity index (χ4v) is 1.93. The zero-order valence-electron chi connectivity index (χ0n) is 12.4. The van der Waals surface area contributed by atoms with Crippen molar-refractivity contribution in [2.75, 3.05) is 27.2 Å². The summed E-state index contributed by atoms with van der Waals surface area (Å²) >= 11 is 0. The van der Waals surface area contributed by atoms with Gasteiger partial charge in [-0.15, -0.1) is 0 Å². The van der Waals surface area contributed by atoms with Crippen LogP contribution in [0.15, 0.2) is 24.3 Å². The van der Waals surface area contributed by atoms with Crippen LogP contribution in [0.1, 0.15) is 25.0 Å². The lowest BCUT2D eigenvalue weighted by molar-refractivity contribution is 0.203. The molecule has 0 spiro atoms. The number of nitrogens with one attached hydrogen (secondary N) is 1. The molecule has 1 aromatic carbocycles. The Morgan fingerprint density at radius 1 is 1.05 bits per heavy atom. The highest BCUT2D eigenvalue weighted by Crippen LogP contribution is 2.06. The molecule has 1 N–H and O–H groups in total. The number of hydrogen-bond donors (Lipinski definition) is 1. The van der Waals surface area contributed by atoms with Crippen molar-refractivity contribution < 1.29 is 4.79 Å². The summed E-state index contributed by atoms with van der Waals surface area (Å²) in [4.78, 5) is 15.7. The predicted molar refractivity (Wildman–Crippen MR) is 79.0 cm³/mol. The maximum absolute atomic E-state index is 11.8. The third-order valence-corrected chi connectivity index (χ3v) is 3.02. The molecule has 0 bridgehead atoms. The summed E-state index contributed by atoms with van der Waals surface area (Å²) in [5.74, 6) is 0. The topological polar surface area (TPSA) is 35.6 Å². The maximum Gasteiger partial charge on any atom is 0.317 e. The van der Waals surface area contributed by atoms with Crippen LogP contribution < -0.4 is 5.32 Å². The van der Waals surface area contributed by atoms with E-state index in [0.29, 0.717) is 6.54 Å². The van der Waals surface area contributed by atoms with Gasteiger partial charge in [0.1, 0.15) is 0 Å². The summed E-state index contributed by atoms with van der Waals surface area (Å²) in [6, 6.07) is 8.36. The zero-order valence-corrected chi connectivity index (χ0v) is 12.4. The summed E-state index contributed by atoms with van der Waals surface area (Å²) in [7, 11) is 4.11.